The zero-order chi connectivity index (χ0) is 13.6. The second kappa shape index (κ2) is 6.02. The first-order chi connectivity index (χ1) is 9.92. The van der Waals surface area contributed by atoms with E-state index in [1.807, 2.05) is 48.5 Å². The van der Waals surface area contributed by atoms with Crippen LogP contribution in [0.3, 0.4) is 0 Å². The molecule has 0 radical (unpaired) electrons. The predicted octanol–water partition coefficient (Wildman–Crippen LogP) is 4.39. The van der Waals surface area contributed by atoms with Crippen LogP contribution in [0.5, 0.6) is 0 Å². The molecule has 0 aliphatic heterocycles. The fourth-order valence-corrected chi connectivity index (χ4v) is 2.07. The summed E-state index contributed by atoms with van der Waals surface area (Å²) in [5, 5.41) is 6.46. The predicted molar refractivity (Wildman–Crippen MR) is 82.8 cm³/mol. The maximum atomic E-state index is 5.31. The Bertz CT molecular complexity index is 720. The molecule has 0 fully saturated rings. The van der Waals surface area contributed by atoms with Gasteiger partial charge < -0.3 is 4.84 Å². The van der Waals surface area contributed by atoms with E-state index in [4.69, 9.17) is 4.84 Å². The largest absolute Gasteiger partial charge is 0.391 e. The molecule has 0 saturated heterocycles. The minimum atomic E-state index is 0.491. The van der Waals surface area contributed by atoms with Gasteiger partial charge in [-0.2, -0.15) is 0 Å². The number of hydrogen-bond donors (Lipinski definition) is 0. The normalized spacial score (nSPS) is 11.0. The Morgan fingerprint density at radius 1 is 0.800 bits per heavy atom. The summed E-state index contributed by atoms with van der Waals surface area (Å²) in [6, 6.07) is 24.5. The zero-order valence-corrected chi connectivity index (χ0v) is 11.1. The molecule has 0 unspecified atom stereocenters. The highest BCUT2D eigenvalue weighted by molar-refractivity contribution is 5.90. The molecule has 98 valence electrons. The smallest absolute Gasteiger partial charge is 0.142 e. The third kappa shape index (κ3) is 3.04. The first kappa shape index (κ1) is 12.4. The molecule has 3 aromatic carbocycles. The summed E-state index contributed by atoms with van der Waals surface area (Å²) in [4.78, 5) is 5.31. The molecule has 0 bridgehead atoms. The lowest BCUT2D eigenvalue weighted by Gasteiger charge is -2.00. The van der Waals surface area contributed by atoms with Crippen molar-refractivity contribution in [3.63, 3.8) is 0 Å². The van der Waals surface area contributed by atoms with Gasteiger partial charge in [-0.25, -0.2) is 0 Å². The van der Waals surface area contributed by atoms with E-state index in [0.29, 0.717) is 6.61 Å². The molecule has 0 aliphatic carbocycles. The van der Waals surface area contributed by atoms with Gasteiger partial charge in [-0.3, -0.25) is 0 Å². The summed E-state index contributed by atoms with van der Waals surface area (Å²) in [7, 11) is 0. The summed E-state index contributed by atoms with van der Waals surface area (Å²) < 4.78 is 0. The van der Waals surface area contributed by atoms with E-state index in [1.54, 1.807) is 6.21 Å². The molecule has 0 N–H and O–H groups in total. The number of hydrogen-bond acceptors (Lipinski definition) is 2. The lowest BCUT2D eigenvalue weighted by atomic mass is 10.1. The molecule has 0 aliphatic rings. The SMILES string of the molecule is C(=NOCc1ccccc1)c1ccc2ccccc2c1. The number of oxime groups is 1. The molecule has 0 atom stereocenters. The topological polar surface area (TPSA) is 21.6 Å². The van der Waals surface area contributed by atoms with Crippen LogP contribution in [0.2, 0.25) is 0 Å². The first-order valence-corrected chi connectivity index (χ1v) is 6.60. The first-order valence-electron chi connectivity index (χ1n) is 6.60. The Kier molecular flexibility index (Phi) is 3.74. The van der Waals surface area contributed by atoms with Crippen LogP contribution >= 0.6 is 0 Å². The molecule has 3 aromatic rings. The molecule has 3 rings (SSSR count). The van der Waals surface area contributed by atoms with E-state index in [2.05, 4.69) is 29.4 Å². The minimum absolute atomic E-state index is 0.491. The molecule has 0 amide bonds. The maximum absolute atomic E-state index is 5.31. The summed E-state index contributed by atoms with van der Waals surface area (Å²) in [5.74, 6) is 0. The monoisotopic (exact) mass is 261 g/mol. The van der Waals surface area contributed by atoms with Gasteiger partial charge in [0.1, 0.15) is 6.61 Å². The van der Waals surface area contributed by atoms with Gasteiger partial charge in [0, 0.05) is 0 Å². The average molecular weight is 261 g/mol. The van der Waals surface area contributed by atoms with Crippen molar-refractivity contribution in [2.75, 3.05) is 0 Å². The summed E-state index contributed by atoms with van der Waals surface area (Å²) in [6.45, 7) is 0.491. The lowest BCUT2D eigenvalue weighted by molar-refractivity contribution is 0.132. The van der Waals surface area contributed by atoms with Crippen molar-refractivity contribution in [1.82, 2.24) is 0 Å². The number of fused-ring (bicyclic) bond motifs is 1. The summed E-state index contributed by atoms with van der Waals surface area (Å²) in [5.41, 5.74) is 2.15. The minimum Gasteiger partial charge on any atom is -0.391 e. The van der Waals surface area contributed by atoms with Gasteiger partial charge in [-0.15, -0.1) is 0 Å². The van der Waals surface area contributed by atoms with Crippen LogP contribution in [0.4, 0.5) is 0 Å². The van der Waals surface area contributed by atoms with Crippen LogP contribution in [-0.2, 0) is 11.4 Å². The Morgan fingerprint density at radius 2 is 1.55 bits per heavy atom. The van der Waals surface area contributed by atoms with Gasteiger partial charge in [0.25, 0.3) is 0 Å². The van der Waals surface area contributed by atoms with E-state index < -0.39 is 0 Å². The molecule has 0 spiro atoms. The molecule has 20 heavy (non-hydrogen) atoms. The molecule has 2 nitrogen and oxygen atoms in total. The Morgan fingerprint density at radius 3 is 2.40 bits per heavy atom. The number of nitrogens with zero attached hydrogens (tertiary/aromatic N) is 1. The van der Waals surface area contributed by atoms with E-state index >= 15 is 0 Å². The fraction of sp³-hybridized carbons (Fsp3) is 0.0556. The van der Waals surface area contributed by atoms with Crippen LogP contribution in [0.1, 0.15) is 11.1 Å². The van der Waals surface area contributed by atoms with Crippen LogP contribution < -0.4 is 0 Å². The molecule has 0 aromatic heterocycles. The average Bonchev–Trinajstić information content (AvgIpc) is 2.52. The molecule has 2 heteroatoms. The van der Waals surface area contributed by atoms with Crippen LogP contribution in [0.15, 0.2) is 78.0 Å². The van der Waals surface area contributed by atoms with Gasteiger partial charge in [0.05, 0.1) is 6.21 Å². The highest BCUT2D eigenvalue weighted by atomic mass is 16.6. The van der Waals surface area contributed by atoms with Gasteiger partial charge in [0.15, 0.2) is 0 Å². The van der Waals surface area contributed by atoms with Crippen LogP contribution in [0, 0.1) is 0 Å². The third-order valence-electron chi connectivity index (χ3n) is 3.12. The molecular formula is C18H15NO. The summed E-state index contributed by atoms with van der Waals surface area (Å²) >= 11 is 0. The highest BCUT2D eigenvalue weighted by Gasteiger charge is 1.94. The van der Waals surface area contributed by atoms with Crippen molar-refractivity contribution in [2.45, 2.75) is 6.61 Å². The quantitative estimate of drug-likeness (QED) is 0.504. The van der Waals surface area contributed by atoms with E-state index in [1.165, 1.54) is 10.8 Å². The second-order valence-corrected chi connectivity index (χ2v) is 4.60. The van der Waals surface area contributed by atoms with E-state index in [9.17, 15) is 0 Å². The Labute approximate surface area is 118 Å². The Balaban J connectivity index is 1.65. The highest BCUT2D eigenvalue weighted by Crippen LogP contribution is 2.14. The zero-order valence-electron chi connectivity index (χ0n) is 11.1. The van der Waals surface area contributed by atoms with Crippen molar-refractivity contribution in [2.24, 2.45) is 5.16 Å². The van der Waals surface area contributed by atoms with E-state index in [0.717, 1.165) is 11.1 Å². The fourth-order valence-electron chi connectivity index (χ4n) is 2.07. The van der Waals surface area contributed by atoms with Crippen LogP contribution in [0.25, 0.3) is 10.8 Å². The van der Waals surface area contributed by atoms with Gasteiger partial charge in [0.2, 0.25) is 0 Å². The lowest BCUT2D eigenvalue weighted by Crippen LogP contribution is -1.88. The van der Waals surface area contributed by atoms with Crippen molar-refractivity contribution in [3.8, 4) is 0 Å². The van der Waals surface area contributed by atoms with Crippen molar-refractivity contribution < 1.29 is 4.84 Å². The van der Waals surface area contributed by atoms with Gasteiger partial charge in [-0.1, -0.05) is 71.9 Å². The van der Waals surface area contributed by atoms with Crippen molar-refractivity contribution in [3.05, 3.63) is 83.9 Å². The number of benzene rings is 3. The molecule has 0 saturated carbocycles. The van der Waals surface area contributed by atoms with Gasteiger partial charge in [-0.05, 0) is 28.0 Å². The maximum Gasteiger partial charge on any atom is 0.142 e. The molecule has 0 heterocycles. The van der Waals surface area contributed by atoms with Crippen LogP contribution in [-0.4, -0.2) is 6.21 Å². The second-order valence-electron chi connectivity index (χ2n) is 4.60. The third-order valence-corrected chi connectivity index (χ3v) is 3.12. The van der Waals surface area contributed by atoms with Gasteiger partial charge >= 0.3 is 0 Å². The van der Waals surface area contributed by atoms with E-state index in [-0.39, 0.29) is 0 Å². The van der Waals surface area contributed by atoms with Crippen molar-refractivity contribution in [1.29, 1.82) is 0 Å². The standard InChI is InChI=1S/C18H15NO/c1-2-6-15(7-3-1)14-20-19-13-16-10-11-17-8-4-5-9-18(17)12-16/h1-13H,14H2. The Hall–Kier alpha value is -2.61. The summed E-state index contributed by atoms with van der Waals surface area (Å²) in [6.07, 6.45) is 1.75. The van der Waals surface area contributed by atoms with Crippen molar-refractivity contribution >= 4 is 17.0 Å². The number of rotatable bonds is 4. The molecular weight excluding hydrogens is 246 g/mol.